The molecule has 1 saturated carbocycles. The summed E-state index contributed by atoms with van der Waals surface area (Å²) in [5.41, 5.74) is 3.47. The second-order valence-electron chi connectivity index (χ2n) is 7.71. The van der Waals surface area contributed by atoms with Crippen LogP contribution in [0.25, 0.3) is 0 Å². The Morgan fingerprint density at radius 3 is 2.55 bits per heavy atom. The molecule has 0 saturated heterocycles. The number of nitrogens with one attached hydrogen (secondary N) is 2. The fourth-order valence-corrected chi connectivity index (χ4v) is 3.15. The zero-order chi connectivity index (χ0) is 21.7. The van der Waals surface area contributed by atoms with Crippen molar-refractivity contribution in [2.45, 2.75) is 39.5 Å². The van der Waals surface area contributed by atoms with Crippen LogP contribution in [0.2, 0.25) is 0 Å². The monoisotopic (exact) mass is 425 g/mol. The predicted octanol–water partition coefficient (Wildman–Crippen LogP) is 3.89. The minimum atomic E-state index is 0.589. The van der Waals surface area contributed by atoms with Crippen molar-refractivity contribution in [1.29, 1.82) is 0 Å². The maximum atomic E-state index is 6.00. The quantitative estimate of drug-likeness (QED) is 0.290. The summed E-state index contributed by atoms with van der Waals surface area (Å²) in [6.45, 7) is 6.70. The molecule has 1 aliphatic rings. The van der Waals surface area contributed by atoms with Gasteiger partial charge in [0.15, 0.2) is 5.96 Å². The zero-order valence-corrected chi connectivity index (χ0v) is 18.7. The molecule has 0 aromatic heterocycles. The van der Waals surface area contributed by atoms with Crippen LogP contribution in [0.1, 0.15) is 36.5 Å². The Hall–Kier alpha value is -2.57. The highest BCUT2D eigenvalue weighted by Crippen LogP contribution is 2.30. The van der Waals surface area contributed by atoms with Crippen molar-refractivity contribution >= 4 is 5.96 Å². The standard InChI is InChI=1S/C25H35N3O3/c1-3-29-13-14-30-18-22-8-6-7-21(15-22)16-27-25(26-2)28-17-23-9-4-5-10-24(23)31-19-20-11-12-20/h4-10,15,20H,3,11-14,16-19H2,1-2H3,(H2,26,27,28). The molecule has 6 heteroatoms. The molecule has 0 aliphatic heterocycles. The second kappa shape index (κ2) is 13.0. The van der Waals surface area contributed by atoms with E-state index in [1.54, 1.807) is 7.05 Å². The second-order valence-corrected chi connectivity index (χ2v) is 7.71. The van der Waals surface area contributed by atoms with Gasteiger partial charge in [0.2, 0.25) is 0 Å². The van der Waals surface area contributed by atoms with Crippen LogP contribution < -0.4 is 15.4 Å². The molecule has 0 spiro atoms. The Kier molecular flexibility index (Phi) is 9.67. The van der Waals surface area contributed by atoms with Gasteiger partial charge in [0, 0.05) is 32.3 Å². The Balaban J connectivity index is 1.44. The number of para-hydroxylation sites is 1. The van der Waals surface area contributed by atoms with Crippen LogP contribution in [0.15, 0.2) is 53.5 Å². The van der Waals surface area contributed by atoms with Crippen molar-refractivity contribution in [1.82, 2.24) is 10.6 Å². The minimum absolute atomic E-state index is 0.589. The molecule has 2 N–H and O–H groups in total. The van der Waals surface area contributed by atoms with Crippen LogP contribution in [-0.2, 0) is 29.2 Å². The number of hydrogen-bond donors (Lipinski definition) is 2. The summed E-state index contributed by atoms with van der Waals surface area (Å²) in [6, 6.07) is 16.6. The first-order chi connectivity index (χ1) is 15.3. The van der Waals surface area contributed by atoms with Gasteiger partial charge < -0.3 is 24.8 Å². The molecule has 31 heavy (non-hydrogen) atoms. The summed E-state index contributed by atoms with van der Waals surface area (Å²) < 4.78 is 17.0. The molecular formula is C25H35N3O3. The van der Waals surface area contributed by atoms with E-state index in [2.05, 4.69) is 46.0 Å². The molecule has 0 unspecified atom stereocenters. The molecular weight excluding hydrogens is 390 g/mol. The van der Waals surface area contributed by atoms with E-state index in [0.717, 1.165) is 42.0 Å². The van der Waals surface area contributed by atoms with E-state index in [9.17, 15) is 0 Å². The van der Waals surface area contributed by atoms with Gasteiger partial charge in [-0.2, -0.15) is 0 Å². The van der Waals surface area contributed by atoms with Gasteiger partial charge in [0.1, 0.15) is 5.75 Å². The van der Waals surface area contributed by atoms with Crippen LogP contribution in [0, 0.1) is 5.92 Å². The molecule has 168 valence electrons. The molecule has 0 radical (unpaired) electrons. The molecule has 1 fully saturated rings. The van der Waals surface area contributed by atoms with E-state index in [1.165, 1.54) is 18.4 Å². The lowest BCUT2D eigenvalue weighted by molar-refractivity contribution is 0.0453. The van der Waals surface area contributed by atoms with Crippen LogP contribution >= 0.6 is 0 Å². The molecule has 1 aliphatic carbocycles. The molecule has 6 nitrogen and oxygen atoms in total. The smallest absolute Gasteiger partial charge is 0.191 e. The van der Waals surface area contributed by atoms with Crippen molar-refractivity contribution in [2.75, 3.05) is 33.5 Å². The lowest BCUT2D eigenvalue weighted by atomic mass is 10.1. The van der Waals surface area contributed by atoms with Crippen LogP contribution in [-0.4, -0.2) is 39.4 Å². The first-order valence-electron chi connectivity index (χ1n) is 11.2. The fourth-order valence-electron chi connectivity index (χ4n) is 3.15. The van der Waals surface area contributed by atoms with E-state index >= 15 is 0 Å². The lowest BCUT2D eigenvalue weighted by Crippen LogP contribution is -2.36. The fraction of sp³-hybridized carbons (Fsp3) is 0.480. The summed E-state index contributed by atoms with van der Waals surface area (Å²) in [5.74, 6) is 2.45. The summed E-state index contributed by atoms with van der Waals surface area (Å²) in [4.78, 5) is 4.35. The van der Waals surface area contributed by atoms with Crippen molar-refractivity contribution in [3.63, 3.8) is 0 Å². The highest BCUT2D eigenvalue weighted by Gasteiger charge is 2.22. The maximum Gasteiger partial charge on any atom is 0.191 e. The minimum Gasteiger partial charge on any atom is -0.493 e. The number of benzene rings is 2. The van der Waals surface area contributed by atoms with Crippen LogP contribution in [0.4, 0.5) is 0 Å². The molecule has 2 aromatic rings. The maximum absolute atomic E-state index is 6.00. The van der Waals surface area contributed by atoms with E-state index in [0.29, 0.717) is 32.9 Å². The van der Waals surface area contributed by atoms with E-state index in [-0.39, 0.29) is 0 Å². The molecule has 0 heterocycles. The first-order valence-corrected chi connectivity index (χ1v) is 11.2. The van der Waals surface area contributed by atoms with E-state index < -0.39 is 0 Å². The number of aliphatic imine (C=N–C) groups is 1. The normalized spacial score (nSPS) is 13.8. The molecule has 3 rings (SSSR count). The third kappa shape index (κ3) is 8.59. The van der Waals surface area contributed by atoms with Gasteiger partial charge in [0.05, 0.1) is 26.4 Å². The van der Waals surface area contributed by atoms with Gasteiger partial charge in [-0.05, 0) is 42.9 Å². The van der Waals surface area contributed by atoms with Crippen molar-refractivity contribution in [3.8, 4) is 5.75 Å². The zero-order valence-electron chi connectivity index (χ0n) is 18.7. The van der Waals surface area contributed by atoms with Gasteiger partial charge in [0.25, 0.3) is 0 Å². The number of hydrogen-bond acceptors (Lipinski definition) is 4. The Labute approximate surface area is 186 Å². The van der Waals surface area contributed by atoms with Gasteiger partial charge in [-0.25, -0.2) is 0 Å². The van der Waals surface area contributed by atoms with Gasteiger partial charge in [-0.1, -0.05) is 42.5 Å². The Morgan fingerprint density at radius 1 is 0.968 bits per heavy atom. The third-order valence-corrected chi connectivity index (χ3v) is 5.11. The van der Waals surface area contributed by atoms with Gasteiger partial charge in [-0.3, -0.25) is 4.99 Å². The summed E-state index contributed by atoms with van der Waals surface area (Å²) >= 11 is 0. The molecule has 2 aromatic carbocycles. The number of nitrogens with zero attached hydrogens (tertiary/aromatic N) is 1. The molecule has 0 atom stereocenters. The van der Waals surface area contributed by atoms with Gasteiger partial charge in [-0.15, -0.1) is 0 Å². The average molecular weight is 426 g/mol. The number of guanidine groups is 1. The van der Waals surface area contributed by atoms with Crippen molar-refractivity contribution in [2.24, 2.45) is 10.9 Å². The number of ether oxygens (including phenoxy) is 3. The average Bonchev–Trinajstić information content (AvgIpc) is 3.63. The lowest BCUT2D eigenvalue weighted by Gasteiger charge is -2.15. The highest BCUT2D eigenvalue weighted by atomic mass is 16.5. The highest BCUT2D eigenvalue weighted by molar-refractivity contribution is 5.79. The summed E-state index contributed by atoms with van der Waals surface area (Å²) in [6.07, 6.45) is 2.58. The first kappa shape index (κ1) is 23.1. The summed E-state index contributed by atoms with van der Waals surface area (Å²) in [5, 5.41) is 6.77. The van der Waals surface area contributed by atoms with Crippen molar-refractivity contribution < 1.29 is 14.2 Å². The largest absolute Gasteiger partial charge is 0.493 e. The molecule has 0 bridgehead atoms. The van der Waals surface area contributed by atoms with Gasteiger partial charge >= 0.3 is 0 Å². The number of rotatable bonds is 13. The SMILES string of the molecule is CCOCCOCc1cccc(CNC(=NC)NCc2ccccc2OCC2CC2)c1. The molecule has 0 amide bonds. The van der Waals surface area contributed by atoms with E-state index in [4.69, 9.17) is 14.2 Å². The van der Waals surface area contributed by atoms with Crippen molar-refractivity contribution in [3.05, 3.63) is 65.2 Å². The van der Waals surface area contributed by atoms with E-state index in [1.807, 2.05) is 25.1 Å². The topological polar surface area (TPSA) is 64.1 Å². The Bertz CT molecular complexity index is 821. The predicted molar refractivity (Wildman–Crippen MR) is 124 cm³/mol. The Morgan fingerprint density at radius 2 is 1.74 bits per heavy atom. The van der Waals surface area contributed by atoms with Crippen LogP contribution in [0.5, 0.6) is 5.75 Å². The third-order valence-electron chi connectivity index (χ3n) is 5.11. The summed E-state index contributed by atoms with van der Waals surface area (Å²) in [7, 11) is 1.79. The van der Waals surface area contributed by atoms with Crippen LogP contribution in [0.3, 0.4) is 0 Å².